The van der Waals surface area contributed by atoms with Crippen molar-refractivity contribution in [3.63, 3.8) is 0 Å². The number of rotatable bonds is 8. The molecule has 2 aromatic carbocycles. The molecule has 0 aliphatic rings. The minimum Gasteiger partial charge on any atom is -0.310 e. The van der Waals surface area contributed by atoms with E-state index in [1.807, 2.05) is 0 Å². The zero-order valence-electron chi connectivity index (χ0n) is 13.2. The molecule has 1 N–H and O–H groups in total. The maximum Gasteiger partial charge on any atom is 0.0320 e. The molecule has 2 rings (SSSR count). The van der Waals surface area contributed by atoms with E-state index in [1.165, 1.54) is 48.4 Å². The van der Waals surface area contributed by atoms with Crippen molar-refractivity contribution in [3.05, 3.63) is 46.4 Å². The van der Waals surface area contributed by atoms with Crippen LogP contribution in [0.5, 0.6) is 0 Å². The van der Waals surface area contributed by atoms with E-state index in [2.05, 4.69) is 71.5 Å². The normalized spacial score (nSPS) is 12.7. The Labute approximate surface area is 137 Å². The number of unbranched alkanes of at least 4 members (excludes halogenated alkanes) is 3. The van der Waals surface area contributed by atoms with Crippen LogP contribution in [0.25, 0.3) is 10.8 Å². The Morgan fingerprint density at radius 2 is 1.71 bits per heavy atom. The molecule has 0 saturated carbocycles. The van der Waals surface area contributed by atoms with Gasteiger partial charge in [-0.05, 0) is 47.5 Å². The molecule has 114 valence electrons. The van der Waals surface area contributed by atoms with Gasteiger partial charge in [0.05, 0.1) is 0 Å². The third kappa shape index (κ3) is 4.82. The predicted molar refractivity (Wildman–Crippen MR) is 96.8 cm³/mol. The van der Waals surface area contributed by atoms with E-state index in [4.69, 9.17) is 0 Å². The van der Waals surface area contributed by atoms with Crippen LogP contribution in [0.2, 0.25) is 0 Å². The van der Waals surface area contributed by atoms with Crippen molar-refractivity contribution in [1.82, 2.24) is 5.32 Å². The Balaban J connectivity index is 2.13. The number of fused-ring (bicyclic) bond motifs is 1. The average molecular weight is 348 g/mol. The Bertz CT molecular complexity index is 564. The highest BCUT2D eigenvalue weighted by Gasteiger charge is 2.10. The fourth-order valence-corrected chi connectivity index (χ4v) is 3.24. The van der Waals surface area contributed by atoms with E-state index >= 15 is 0 Å². The van der Waals surface area contributed by atoms with Crippen molar-refractivity contribution in [1.29, 1.82) is 0 Å². The summed E-state index contributed by atoms with van der Waals surface area (Å²) in [5.74, 6) is 0. The van der Waals surface area contributed by atoms with Crippen molar-refractivity contribution in [3.8, 4) is 0 Å². The number of hydrogen-bond donors (Lipinski definition) is 1. The SMILES string of the molecule is CCCCCCC(NCC)c1ccc2cc(Br)ccc2c1. The molecule has 0 aliphatic heterocycles. The third-order valence-corrected chi connectivity index (χ3v) is 4.52. The molecule has 0 spiro atoms. The minimum atomic E-state index is 0.486. The Kier molecular flexibility index (Phi) is 6.72. The second-order valence-electron chi connectivity index (χ2n) is 5.71. The van der Waals surface area contributed by atoms with E-state index in [-0.39, 0.29) is 0 Å². The zero-order valence-corrected chi connectivity index (χ0v) is 14.7. The van der Waals surface area contributed by atoms with Gasteiger partial charge in [-0.15, -0.1) is 0 Å². The molecule has 0 fully saturated rings. The second kappa shape index (κ2) is 8.55. The molecule has 0 heterocycles. The number of nitrogens with one attached hydrogen (secondary N) is 1. The Morgan fingerprint density at radius 1 is 0.952 bits per heavy atom. The van der Waals surface area contributed by atoms with Gasteiger partial charge in [-0.2, -0.15) is 0 Å². The van der Waals surface area contributed by atoms with Crippen LogP contribution in [0.3, 0.4) is 0 Å². The molecule has 21 heavy (non-hydrogen) atoms. The van der Waals surface area contributed by atoms with Crippen LogP contribution in [-0.2, 0) is 0 Å². The van der Waals surface area contributed by atoms with Crippen LogP contribution in [0.15, 0.2) is 40.9 Å². The molecule has 1 atom stereocenters. The van der Waals surface area contributed by atoms with Gasteiger partial charge in [0.1, 0.15) is 0 Å². The van der Waals surface area contributed by atoms with Crippen LogP contribution in [0.4, 0.5) is 0 Å². The molecule has 2 aromatic rings. The lowest BCUT2D eigenvalue weighted by Gasteiger charge is -2.19. The van der Waals surface area contributed by atoms with Gasteiger partial charge in [0, 0.05) is 10.5 Å². The van der Waals surface area contributed by atoms with Crippen molar-refractivity contribution in [2.24, 2.45) is 0 Å². The highest BCUT2D eigenvalue weighted by Crippen LogP contribution is 2.26. The molecule has 0 radical (unpaired) electrons. The van der Waals surface area contributed by atoms with Crippen LogP contribution in [-0.4, -0.2) is 6.54 Å². The molecule has 0 bridgehead atoms. The van der Waals surface area contributed by atoms with Crippen molar-refractivity contribution in [2.45, 2.75) is 52.0 Å². The van der Waals surface area contributed by atoms with Gasteiger partial charge in [0.15, 0.2) is 0 Å². The summed E-state index contributed by atoms with van der Waals surface area (Å²) in [6, 6.07) is 13.9. The summed E-state index contributed by atoms with van der Waals surface area (Å²) in [6.45, 7) is 5.48. The molecule has 1 unspecified atom stereocenters. The quantitative estimate of drug-likeness (QED) is 0.558. The van der Waals surface area contributed by atoms with Gasteiger partial charge >= 0.3 is 0 Å². The highest BCUT2D eigenvalue weighted by molar-refractivity contribution is 9.10. The van der Waals surface area contributed by atoms with E-state index in [0.717, 1.165) is 11.0 Å². The van der Waals surface area contributed by atoms with Gasteiger partial charge in [0.2, 0.25) is 0 Å². The first-order valence-corrected chi connectivity index (χ1v) is 8.96. The molecule has 0 amide bonds. The van der Waals surface area contributed by atoms with Gasteiger partial charge < -0.3 is 5.32 Å². The zero-order chi connectivity index (χ0) is 15.1. The van der Waals surface area contributed by atoms with Crippen molar-refractivity contribution >= 4 is 26.7 Å². The third-order valence-electron chi connectivity index (χ3n) is 4.03. The number of hydrogen-bond acceptors (Lipinski definition) is 1. The Hall–Kier alpha value is -0.860. The summed E-state index contributed by atoms with van der Waals surface area (Å²) in [4.78, 5) is 0. The van der Waals surface area contributed by atoms with Crippen LogP contribution in [0, 0.1) is 0 Å². The number of benzene rings is 2. The summed E-state index contributed by atoms with van der Waals surface area (Å²) in [5.41, 5.74) is 1.42. The van der Waals surface area contributed by atoms with E-state index in [1.54, 1.807) is 0 Å². The van der Waals surface area contributed by atoms with Crippen LogP contribution in [0.1, 0.15) is 57.6 Å². The summed E-state index contributed by atoms with van der Waals surface area (Å²) >= 11 is 3.54. The smallest absolute Gasteiger partial charge is 0.0320 e. The lowest BCUT2D eigenvalue weighted by molar-refractivity contribution is 0.482. The van der Waals surface area contributed by atoms with Gasteiger partial charge in [-0.25, -0.2) is 0 Å². The fourth-order valence-electron chi connectivity index (χ4n) is 2.86. The van der Waals surface area contributed by atoms with Gasteiger partial charge in [-0.1, -0.05) is 73.7 Å². The molecular weight excluding hydrogens is 322 g/mol. The standard InChI is InChI=1S/C19H26BrN/c1-3-5-6-7-8-19(21-4-2)17-10-9-16-14-18(20)12-11-15(16)13-17/h9-14,19,21H,3-8H2,1-2H3. The van der Waals surface area contributed by atoms with Gasteiger partial charge in [-0.3, -0.25) is 0 Å². The highest BCUT2D eigenvalue weighted by atomic mass is 79.9. The van der Waals surface area contributed by atoms with Crippen molar-refractivity contribution in [2.75, 3.05) is 6.54 Å². The largest absolute Gasteiger partial charge is 0.310 e. The molecular formula is C19H26BrN. The van der Waals surface area contributed by atoms with Crippen LogP contribution < -0.4 is 5.32 Å². The Morgan fingerprint density at radius 3 is 2.48 bits per heavy atom. The minimum absolute atomic E-state index is 0.486. The van der Waals surface area contributed by atoms with Crippen molar-refractivity contribution < 1.29 is 0 Å². The second-order valence-corrected chi connectivity index (χ2v) is 6.63. The molecule has 0 aromatic heterocycles. The molecule has 0 saturated heterocycles. The van der Waals surface area contributed by atoms with Crippen LogP contribution >= 0.6 is 15.9 Å². The molecule has 1 nitrogen and oxygen atoms in total. The fraction of sp³-hybridized carbons (Fsp3) is 0.474. The maximum absolute atomic E-state index is 3.64. The summed E-state index contributed by atoms with van der Waals surface area (Å²) in [7, 11) is 0. The summed E-state index contributed by atoms with van der Waals surface area (Å²) < 4.78 is 1.14. The maximum atomic E-state index is 3.64. The topological polar surface area (TPSA) is 12.0 Å². The molecule has 0 aliphatic carbocycles. The monoisotopic (exact) mass is 347 g/mol. The van der Waals surface area contributed by atoms with Gasteiger partial charge in [0.25, 0.3) is 0 Å². The summed E-state index contributed by atoms with van der Waals surface area (Å²) in [6.07, 6.45) is 6.54. The van der Waals surface area contributed by atoms with E-state index < -0.39 is 0 Å². The first-order valence-electron chi connectivity index (χ1n) is 8.17. The van der Waals surface area contributed by atoms with E-state index in [9.17, 15) is 0 Å². The average Bonchev–Trinajstić information content (AvgIpc) is 2.50. The lowest BCUT2D eigenvalue weighted by Crippen LogP contribution is -2.20. The molecule has 2 heteroatoms. The predicted octanol–water partition coefficient (Wildman–Crippen LogP) is 6.22. The number of halogens is 1. The first kappa shape index (κ1) is 16.5. The lowest BCUT2D eigenvalue weighted by atomic mass is 9.97. The first-order chi connectivity index (χ1) is 10.2. The summed E-state index contributed by atoms with van der Waals surface area (Å²) in [5, 5.41) is 6.27. The van der Waals surface area contributed by atoms with E-state index in [0.29, 0.717) is 6.04 Å².